The first-order chi connectivity index (χ1) is 11.5. The van der Waals surface area contributed by atoms with Crippen LogP contribution in [0.25, 0.3) is 0 Å². The van der Waals surface area contributed by atoms with Gasteiger partial charge in [0.15, 0.2) is 0 Å². The van der Waals surface area contributed by atoms with Gasteiger partial charge in [-0.3, -0.25) is 9.59 Å². The van der Waals surface area contributed by atoms with Gasteiger partial charge in [0.05, 0.1) is 0 Å². The highest BCUT2D eigenvalue weighted by Gasteiger charge is 2.11. The number of amides is 2. The fraction of sp³-hybridized carbons (Fsp3) is 0.222. The van der Waals surface area contributed by atoms with E-state index in [0.29, 0.717) is 12.1 Å². The van der Waals surface area contributed by atoms with Gasteiger partial charge in [0.2, 0.25) is 5.91 Å². The Morgan fingerprint density at radius 3 is 2.33 bits per heavy atom. The van der Waals surface area contributed by atoms with E-state index in [9.17, 15) is 14.0 Å². The molecule has 126 valence electrons. The van der Waals surface area contributed by atoms with E-state index in [1.807, 2.05) is 0 Å². The molecule has 0 saturated carbocycles. The summed E-state index contributed by atoms with van der Waals surface area (Å²) in [5.74, 6) is -0.602. The first kappa shape index (κ1) is 18.1. The number of carbonyl (C=O) groups excluding carboxylic acids is 2. The fourth-order valence-corrected chi connectivity index (χ4v) is 2.39. The first-order valence-corrected chi connectivity index (χ1v) is 8.27. The van der Waals surface area contributed by atoms with Crippen molar-refractivity contribution < 1.29 is 14.0 Å². The molecule has 0 fully saturated rings. The minimum absolute atomic E-state index is 0.0876. The molecule has 0 spiro atoms. The summed E-state index contributed by atoms with van der Waals surface area (Å²) in [5, 5.41) is 2.72. The smallest absolute Gasteiger partial charge is 0.251 e. The Kier molecular flexibility index (Phi) is 6.49. The van der Waals surface area contributed by atoms with Crippen molar-refractivity contribution in [3.8, 4) is 0 Å². The number of nitrogens with one attached hydrogen (secondary N) is 1. The van der Waals surface area contributed by atoms with Crippen molar-refractivity contribution in [1.29, 1.82) is 0 Å². The Morgan fingerprint density at radius 1 is 1.08 bits per heavy atom. The lowest BCUT2D eigenvalue weighted by Crippen LogP contribution is -2.31. The standard InChI is InChI=1S/C18H18BrFN2O2/c1-22(12-13-2-8-16(20)9-3-13)17(23)10-11-21-18(24)14-4-6-15(19)7-5-14/h2-9H,10-12H2,1H3,(H,21,24). The second-order valence-electron chi connectivity index (χ2n) is 5.39. The molecule has 0 aliphatic heterocycles. The summed E-state index contributed by atoms with van der Waals surface area (Å²) >= 11 is 3.31. The van der Waals surface area contributed by atoms with Crippen LogP contribution in [-0.4, -0.2) is 30.3 Å². The van der Waals surface area contributed by atoms with Crippen LogP contribution >= 0.6 is 15.9 Å². The van der Waals surface area contributed by atoms with Crippen LogP contribution in [0.4, 0.5) is 4.39 Å². The zero-order valence-corrected chi connectivity index (χ0v) is 14.8. The Bertz CT molecular complexity index is 702. The maximum atomic E-state index is 12.9. The molecule has 2 aromatic carbocycles. The number of benzene rings is 2. The van der Waals surface area contributed by atoms with Crippen LogP contribution in [0, 0.1) is 5.82 Å². The van der Waals surface area contributed by atoms with Gasteiger partial charge in [-0.15, -0.1) is 0 Å². The molecule has 0 aliphatic carbocycles. The molecule has 0 radical (unpaired) electrons. The zero-order valence-electron chi connectivity index (χ0n) is 13.3. The topological polar surface area (TPSA) is 49.4 Å². The fourth-order valence-electron chi connectivity index (χ4n) is 2.13. The molecule has 4 nitrogen and oxygen atoms in total. The summed E-state index contributed by atoms with van der Waals surface area (Å²) in [6.07, 6.45) is 0.208. The van der Waals surface area contributed by atoms with Crippen LogP contribution in [0.5, 0.6) is 0 Å². The molecule has 0 heterocycles. The second kappa shape index (κ2) is 8.59. The van der Waals surface area contributed by atoms with Crippen molar-refractivity contribution in [3.63, 3.8) is 0 Å². The number of hydrogen-bond acceptors (Lipinski definition) is 2. The minimum atomic E-state index is -0.302. The molecule has 0 unspecified atom stereocenters. The maximum Gasteiger partial charge on any atom is 0.251 e. The van der Waals surface area contributed by atoms with E-state index in [1.165, 1.54) is 12.1 Å². The summed E-state index contributed by atoms with van der Waals surface area (Å²) in [7, 11) is 1.68. The van der Waals surface area contributed by atoms with Gasteiger partial charge >= 0.3 is 0 Å². The van der Waals surface area contributed by atoms with E-state index in [2.05, 4.69) is 21.2 Å². The molecule has 1 N–H and O–H groups in total. The normalized spacial score (nSPS) is 10.3. The van der Waals surface area contributed by atoms with Crippen molar-refractivity contribution in [2.24, 2.45) is 0 Å². The SMILES string of the molecule is CN(Cc1ccc(F)cc1)C(=O)CCNC(=O)c1ccc(Br)cc1. The van der Waals surface area contributed by atoms with Crippen LogP contribution in [0.15, 0.2) is 53.0 Å². The predicted octanol–water partition coefficient (Wildman–Crippen LogP) is 3.37. The molecule has 0 bridgehead atoms. The Labute approximate surface area is 148 Å². The minimum Gasteiger partial charge on any atom is -0.352 e. The zero-order chi connectivity index (χ0) is 17.5. The molecule has 0 aliphatic rings. The predicted molar refractivity (Wildman–Crippen MR) is 94.0 cm³/mol. The van der Waals surface area contributed by atoms with Gasteiger partial charge in [0, 0.05) is 36.6 Å². The molecular weight excluding hydrogens is 375 g/mol. The number of carbonyl (C=O) groups is 2. The largest absolute Gasteiger partial charge is 0.352 e. The average Bonchev–Trinajstić information content (AvgIpc) is 2.57. The van der Waals surface area contributed by atoms with Gasteiger partial charge in [-0.25, -0.2) is 4.39 Å². The quantitative estimate of drug-likeness (QED) is 0.818. The highest BCUT2D eigenvalue weighted by Crippen LogP contribution is 2.10. The Hall–Kier alpha value is -2.21. The van der Waals surface area contributed by atoms with Crippen molar-refractivity contribution in [3.05, 3.63) is 69.9 Å². The molecule has 0 saturated heterocycles. The molecule has 0 atom stereocenters. The van der Waals surface area contributed by atoms with E-state index in [0.717, 1.165) is 10.0 Å². The second-order valence-corrected chi connectivity index (χ2v) is 6.30. The first-order valence-electron chi connectivity index (χ1n) is 7.48. The van der Waals surface area contributed by atoms with E-state index >= 15 is 0 Å². The summed E-state index contributed by atoms with van der Waals surface area (Å²) in [5.41, 5.74) is 1.40. The summed E-state index contributed by atoms with van der Waals surface area (Å²) in [6.45, 7) is 0.668. The molecule has 24 heavy (non-hydrogen) atoms. The lowest BCUT2D eigenvalue weighted by Gasteiger charge is -2.17. The highest BCUT2D eigenvalue weighted by atomic mass is 79.9. The summed E-state index contributed by atoms with van der Waals surface area (Å²) in [6, 6.07) is 13.0. The van der Waals surface area contributed by atoms with Gasteiger partial charge in [0.25, 0.3) is 5.91 Å². The van der Waals surface area contributed by atoms with Gasteiger partial charge in [0.1, 0.15) is 5.82 Å². The summed E-state index contributed by atoms with van der Waals surface area (Å²) < 4.78 is 13.8. The average molecular weight is 393 g/mol. The molecule has 6 heteroatoms. The third-order valence-corrected chi connectivity index (χ3v) is 4.02. The van der Waals surface area contributed by atoms with Crippen LogP contribution in [0.1, 0.15) is 22.3 Å². The van der Waals surface area contributed by atoms with Gasteiger partial charge < -0.3 is 10.2 Å². The maximum absolute atomic E-state index is 12.9. The lowest BCUT2D eigenvalue weighted by atomic mass is 10.2. The van der Waals surface area contributed by atoms with Crippen molar-refractivity contribution in [2.45, 2.75) is 13.0 Å². The molecule has 2 aromatic rings. The van der Waals surface area contributed by atoms with Crippen molar-refractivity contribution in [2.75, 3.05) is 13.6 Å². The highest BCUT2D eigenvalue weighted by molar-refractivity contribution is 9.10. The number of nitrogens with zero attached hydrogens (tertiary/aromatic N) is 1. The third kappa shape index (κ3) is 5.45. The molecular formula is C18H18BrFN2O2. The van der Waals surface area contributed by atoms with E-state index in [-0.39, 0.29) is 30.6 Å². The van der Waals surface area contributed by atoms with Crippen molar-refractivity contribution >= 4 is 27.7 Å². The van der Waals surface area contributed by atoms with Gasteiger partial charge in [-0.05, 0) is 42.0 Å². The molecule has 0 aromatic heterocycles. The van der Waals surface area contributed by atoms with Crippen LogP contribution in [0.3, 0.4) is 0 Å². The van der Waals surface area contributed by atoms with Crippen molar-refractivity contribution in [1.82, 2.24) is 10.2 Å². The number of hydrogen-bond donors (Lipinski definition) is 1. The third-order valence-electron chi connectivity index (χ3n) is 3.49. The van der Waals surface area contributed by atoms with E-state index < -0.39 is 0 Å². The van der Waals surface area contributed by atoms with Crippen LogP contribution in [-0.2, 0) is 11.3 Å². The van der Waals surface area contributed by atoms with Gasteiger partial charge in [-0.1, -0.05) is 28.1 Å². The Morgan fingerprint density at radius 2 is 1.71 bits per heavy atom. The van der Waals surface area contributed by atoms with E-state index in [4.69, 9.17) is 0 Å². The Balaban J connectivity index is 1.76. The molecule has 2 rings (SSSR count). The monoisotopic (exact) mass is 392 g/mol. The number of rotatable bonds is 6. The summed E-state index contributed by atoms with van der Waals surface area (Å²) in [4.78, 5) is 25.6. The lowest BCUT2D eigenvalue weighted by molar-refractivity contribution is -0.130. The number of halogens is 2. The molecule has 2 amide bonds. The van der Waals surface area contributed by atoms with Crippen LogP contribution < -0.4 is 5.32 Å². The van der Waals surface area contributed by atoms with E-state index in [1.54, 1.807) is 48.3 Å². The van der Waals surface area contributed by atoms with Crippen LogP contribution in [0.2, 0.25) is 0 Å². The van der Waals surface area contributed by atoms with Gasteiger partial charge in [-0.2, -0.15) is 0 Å².